The molecule has 0 radical (unpaired) electrons. The highest BCUT2D eigenvalue weighted by molar-refractivity contribution is 7.99. The molecule has 1 saturated carbocycles. The van der Waals surface area contributed by atoms with Gasteiger partial charge >= 0.3 is 0 Å². The van der Waals surface area contributed by atoms with E-state index in [4.69, 9.17) is 0 Å². The van der Waals surface area contributed by atoms with Crippen molar-refractivity contribution in [2.75, 3.05) is 5.75 Å². The molecule has 1 fully saturated rings. The van der Waals surface area contributed by atoms with Crippen molar-refractivity contribution in [3.05, 3.63) is 59.7 Å². The van der Waals surface area contributed by atoms with E-state index in [1.165, 1.54) is 36.6 Å². The maximum Gasteiger partial charge on any atom is 0.230 e. The van der Waals surface area contributed by atoms with Crippen LogP contribution in [0, 0.1) is 13.8 Å². The van der Waals surface area contributed by atoms with Gasteiger partial charge in [-0.2, -0.15) is 0 Å². The summed E-state index contributed by atoms with van der Waals surface area (Å²) in [6, 6.07) is 16.8. The number of carbonyl (C=O) groups is 1. The summed E-state index contributed by atoms with van der Waals surface area (Å²) in [6.07, 6.45) is 5.88. The second-order valence-corrected chi connectivity index (χ2v) is 8.93. The third kappa shape index (κ3) is 4.75. The van der Waals surface area contributed by atoms with Gasteiger partial charge in [0.05, 0.1) is 11.4 Å². The number of thioether (sulfide) groups is 1. The van der Waals surface area contributed by atoms with Crippen LogP contribution in [-0.2, 0) is 4.79 Å². The van der Waals surface area contributed by atoms with Crippen molar-refractivity contribution in [1.82, 2.24) is 20.1 Å². The van der Waals surface area contributed by atoms with Crippen LogP contribution in [0.5, 0.6) is 0 Å². The number of hydrogen-bond acceptors (Lipinski definition) is 4. The van der Waals surface area contributed by atoms with Crippen LogP contribution >= 0.6 is 11.8 Å². The monoisotopic (exact) mass is 420 g/mol. The van der Waals surface area contributed by atoms with Crippen molar-refractivity contribution in [2.24, 2.45) is 0 Å². The van der Waals surface area contributed by atoms with Crippen molar-refractivity contribution in [3.63, 3.8) is 0 Å². The molecule has 5 nitrogen and oxygen atoms in total. The van der Waals surface area contributed by atoms with Gasteiger partial charge in [0.1, 0.15) is 0 Å². The average Bonchev–Trinajstić information content (AvgIpc) is 3.19. The van der Waals surface area contributed by atoms with Gasteiger partial charge in [-0.15, -0.1) is 10.2 Å². The first-order valence-electron chi connectivity index (χ1n) is 10.6. The molecule has 1 aliphatic rings. The number of rotatable bonds is 6. The van der Waals surface area contributed by atoms with Gasteiger partial charge in [-0.1, -0.05) is 73.5 Å². The summed E-state index contributed by atoms with van der Waals surface area (Å²) >= 11 is 1.45. The van der Waals surface area contributed by atoms with Crippen molar-refractivity contribution in [1.29, 1.82) is 0 Å². The summed E-state index contributed by atoms with van der Waals surface area (Å²) in [5, 5.41) is 12.9. The van der Waals surface area contributed by atoms with Gasteiger partial charge in [-0.25, -0.2) is 0 Å². The molecule has 1 aliphatic carbocycles. The molecule has 1 N–H and O–H groups in total. The van der Waals surface area contributed by atoms with E-state index in [0.717, 1.165) is 40.6 Å². The molecule has 0 aliphatic heterocycles. The summed E-state index contributed by atoms with van der Waals surface area (Å²) in [6.45, 7) is 4.17. The van der Waals surface area contributed by atoms with Crippen LogP contribution in [0.3, 0.4) is 0 Å². The molecule has 0 spiro atoms. The minimum Gasteiger partial charge on any atom is -0.353 e. The number of hydrogen-bond donors (Lipinski definition) is 1. The van der Waals surface area contributed by atoms with Crippen LogP contribution in [0.2, 0.25) is 0 Å². The van der Waals surface area contributed by atoms with Crippen LogP contribution in [0.25, 0.3) is 17.1 Å². The van der Waals surface area contributed by atoms with Gasteiger partial charge in [0.15, 0.2) is 11.0 Å². The molecular weight excluding hydrogens is 392 g/mol. The van der Waals surface area contributed by atoms with Crippen LogP contribution < -0.4 is 5.32 Å². The molecule has 30 heavy (non-hydrogen) atoms. The highest BCUT2D eigenvalue weighted by atomic mass is 32.2. The number of amides is 1. The molecule has 156 valence electrons. The standard InChI is InChI=1S/C24H28N4OS/c1-17-13-14-18(2)21(15-17)28-23(19-9-5-3-6-10-19)26-27-24(28)30-16-22(29)25-20-11-7-4-8-12-20/h3,5-6,9-10,13-15,20H,4,7-8,11-12,16H2,1-2H3,(H,25,29). The molecule has 0 unspecified atom stereocenters. The van der Waals surface area contributed by atoms with Crippen LogP contribution in [0.15, 0.2) is 53.7 Å². The Labute approximate surface area is 182 Å². The lowest BCUT2D eigenvalue weighted by atomic mass is 9.95. The maximum absolute atomic E-state index is 12.5. The smallest absolute Gasteiger partial charge is 0.230 e. The molecule has 0 atom stereocenters. The summed E-state index contributed by atoms with van der Waals surface area (Å²) in [5.41, 5.74) is 4.37. The van der Waals surface area contributed by atoms with E-state index in [0.29, 0.717) is 11.8 Å². The summed E-state index contributed by atoms with van der Waals surface area (Å²) in [4.78, 5) is 12.5. The van der Waals surface area contributed by atoms with Gasteiger partial charge in [-0.3, -0.25) is 9.36 Å². The topological polar surface area (TPSA) is 59.8 Å². The van der Waals surface area contributed by atoms with Crippen molar-refractivity contribution in [2.45, 2.75) is 57.1 Å². The zero-order valence-electron chi connectivity index (χ0n) is 17.6. The van der Waals surface area contributed by atoms with E-state index in [1.54, 1.807) is 0 Å². The van der Waals surface area contributed by atoms with Crippen LogP contribution in [0.1, 0.15) is 43.2 Å². The van der Waals surface area contributed by atoms with Crippen LogP contribution in [-0.4, -0.2) is 32.5 Å². The summed E-state index contributed by atoms with van der Waals surface area (Å²) in [7, 11) is 0. The van der Waals surface area contributed by atoms with Gasteiger partial charge in [-0.05, 0) is 43.9 Å². The molecular formula is C24H28N4OS. The molecule has 2 aromatic carbocycles. The van der Waals surface area contributed by atoms with Crippen molar-refractivity contribution < 1.29 is 4.79 Å². The molecule has 6 heteroatoms. The number of nitrogens with one attached hydrogen (secondary N) is 1. The van der Waals surface area contributed by atoms with E-state index < -0.39 is 0 Å². The quantitative estimate of drug-likeness (QED) is 0.564. The first kappa shape index (κ1) is 20.7. The normalized spacial score (nSPS) is 14.6. The number of benzene rings is 2. The first-order chi connectivity index (χ1) is 14.6. The van der Waals surface area contributed by atoms with Crippen molar-refractivity contribution >= 4 is 17.7 Å². The summed E-state index contributed by atoms with van der Waals surface area (Å²) in [5.74, 6) is 1.21. The van der Waals surface area contributed by atoms with Gasteiger partial charge in [0.25, 0.3) is 0 Å². The predicted octanol–water partition coefficient (Wildman–Crippen LogP) is 5.09. The Balaban J connectivity index is 1.60. The highest BCUT2D eigenvalue weighted by Gasteiger charge is 2.20. The Bertz CT molecular complexity index is 1010. The molecule has 3 aromatic rings. The Hall–Kier alpha value is -2.60. The van der Waals surface area contributed by atoms with E-state index in [-0.39, 0.29) is 5.91 Å². The fourth-order valence-electron chi connectivity index (χ4n) is 3.96. The zero-order valence-corrected chi connectivity index (χ0v) is 18.4. The minimum absolute atomic E-state index is 0.0728. The Kier molecular flexibility index (Phi) is 6.53. The fourth-order valence-corrected chi connectivity index (χ4v) is 4.72. The van der Waals surface area contributed by atoms with E-state index >= 15 is 0 Å². The minimum atomic E-state index is 0.0728. The second-order valence-electron chi connectivity index (χ2n) is 7.99. The van der Waals surface area contributed by atoms with Crippen molar-refractivity contribution in [3.8, 4) is 17.1 Å². The van der Waals surface area contributed by atoms with E-state index in [2.05, 4.69) is 52.1 Å². The molecule has 1 aromatic heterocycles. The highest BCUT2D eigenvalue weighted by Crippen LogP contribution is 2.30. The first-order valence-corrected chi connectivity index (χ1v) is 11.6. The van der Waals surface area contributed by atoms with Gasteiger partial charge in [0, 0.05) is 11.6 Å². The van der Waals surface area contributed by atoms with E-state index in [9.17, 15) is 4.79 Å². The number of aryl methyl sites for hydroxylation is 2. The molecule has 0 saturated heterocycles. The Morgan fingerprint density at radius 1 is 1.07 bits per heavy atom. The van der Waals surface area contributed by atoms with Crippen LogP contribution in [0.4, 0.5) is 0 Å². The number of aromatic nitrogens is 3. The SMILES string of the molecule is Cc1ccc(C)c(-n2c(SCC(=O)NC3CCCCC3)nnc2-c2ccccc2)c1. The second kappa shape index (κ2) is 9.47. The Morgan fingerprint density at radius 3 is 2.60 bits per heavy atom. The third-order valence-corrected chi connectivity index (χ3v) is 6.50. The largest absolute Gasteiger partial charge is 0.353 e. The van der Waals surface area contributed by atoms with E-state index in [1.807, 2.05) is 30.3 Å². The molecule has 1 heterocycles. The Morgan fingerprint density at radius 2 is 1.83 bits per heavy atom. The maximum atomic E-state index is 12.5. The van der Waals surface area contributed by atoms with Gasteiger partial charge < -0.3 is 5.32 Å². The predicted molar refractivity (Wildman–Crippen MR) is 122 cm³/mol. The molecule has 1 amide bonds. The molecule has 4 rings (SSSR count). The lowest BCUT2D eigenvalue weighted by Crippen LogP contribution is -2.37. The third-order valence-electron chi connectivity index (χ3n) is 5.57. The lowest BCUT2D eigenvalue weighted by Gasteiger charge is -2.22. The lowest BCUT2D eigenvalue weighted by molar-refractivity contribution is -0.119. The summed E-state index contributed by atoms with van der Waals surface area (Å²) < 4.78 is 2.08. The zero-order chi connectivity index (χ0) is 20.9. The number of nitrogens with zero attached hydrogens (tertiary/aromatic N) is 3. The fraction of sp³-hybridized carbons (Fsp3) is 0.375. The molecule has 0 bridgehead atoms. The number of carbonyl (C=O) groups excluding carboxylic acids is 1. The average molecular weight is 421 g/mol. The van der Waals surface area contributed by atoms with Gasteiger partial charge in [0.2, 0.25) is 5.91 Å².